The number of carbonyl (C=O) groups is 2. The lowest BCUT2D eigenvalue weighted by Crippen LogP contribution is -2.25. The maximum absolute atomic E-state index is 12.2. The predicted molar refractivity (Wildman–Crippen MR) is 103 cm³/mol. The van der Waals surface area contributed by atoms with Crippen LogP contribution in [0.3, 0.4) is 0 Å². The molecule has 7 heteroatoms. The molecule has 0 aliphatic rings. The second-order valence-corrected chi connectivity index (χ2v) is 8.31. The van der Waals surface area contributed by atoms with Crippen LogP contribution in [-0.2, 0) is 16.3 Å². The molecule has 27 heavy (non-hydrogen) atoms. The van der Waals surface area contributed by atoms with Crippen molar-refractivity contribution in [2.75, 3.05) is 12.3 Å². The minimum Gasteiger partial charge on any atom is -0.478 e. The largest absolute Gasteiger partial charge is 0.478 e. The van der Waals surface area contributed by atoms with Crippen LogP contribution in [0.15, 0.2) is 53.4 Å². The Morgan fingerprint density at radius 3 is 2.11 bits per heavy atom. The first-order valence-corrected chi connectivity index (χ1v) is 10.4. The van der Waals surface area contributed by atoms with E-state index in [1.165, 1.54) is 36.4 Å². The Labute approximate surface area is 159 Å². The van der Waals surface area contributed by atoms with Gasteiger partial charge in [-0.05, 0) is 54.8 Å². The normalized spacial score (nSPS) is 11.1. The molecule has 0 aliphatic carbocycles. The third kappa shape index (κ3) is 5.92. The van der Waals surface area contributed by atoms with Gasteiger partial charge in [0.25, 0.3) is 5.91 Å². The van der Waals surface area contributed by atoms with Gasteiger partial charge in [0.05, 0.1) is 16.2 Å². The summed E-state index contributed by atoms with van der Waals surface area (Å²) in [6.07, 6.45) is 1.98. The van der Waals surface area contributed by atoms with Crippen LogP contribution in [0.2, 0.25) is 0 Å². The van der Waals surface area contributed by atoms with E-state index in [1.807, 2.05) is 6.92 Å². The average Bonchev–Trinajstić information content (AvgIpc) is 2.67. The highest BCUT2D eigenvalue weighted by Gasteiger charge is 2.14. The lowest BCUT2D eigenvalue weighted by Gasteiger charge is -2.07. The van der Waals surface area contributed by atoms with Crippen molar-refractivity contribution in [2.45, 2.75) is 31.1 Å². The van der Waals surface area contributed by atoms with Crippen LogP contribution in [-0.4, -0.2) is 37.7 Å². The van der Waals surface area contributed by atoms with Crippen LogP contribution in [0.1, 0.15) is 46.0 Å². The lowest BCUT2D eigenvalue weighted by atomic mass is 10.1. The Morgan fingerprint density at radius 2 is 1.56 bits per heavy atom. The molecule has 2 aromatic rings. The first kappa shape index (κ1) is 20.6. The van der Waals surface area contributed by atoms with Gasteiger partial charge in [0.15, 0.2) is 9.84 Å². The number of hydrogen-bond donors (Lipinski definition) is 2. The van der Waals surface area contributed by atoms with Crippen LogP contribution in [0, 0.1) is 0 Å². The van der Waals surface area contributed by atoms with Gasteiger partial charge in [-0.3, -0.25) is 4.79 Å². The summed E-state index contributed by atoms with van der Waals surface area (Å²) < 4.78 is 24.3. The fourth-order valence-electron chi connectivity index (χ4n) is 2.50. The van der Waals surface area contributed by atoms with E-state index in [4.69, 9.17) is 5.11 Å². The van der Waals surface area contributed by atoms with E-state index in [1.54, 1.807) is 12.1 Å². The number of unbranched alkanes of at least 4 members (excludes halogenated alkanes) is 1. The Bertz CT molecular complexity index is 887. The van der Waals surface area contributed by atoms with Crippen molar-refractivity contribution in [3.63, 3.8) is 0 Å². The summed E-state index contributed by atoms with van der Waals surface area (Å²) in [5, 5.41) is 11.6. The van der Waals surface area contributed by atoms with Gasteiger partial charge in [-0.25, -0.2) is 13.2 Å². The van der Waals surface area contributed by atoms with E-state index in [2.05, 4.69) is 5.32 Å². The van der Waals surface area contributed by atoms with Crippen LogP contribution < -0.4 is 5.32 Å². The van der Waals surface area contributed by atoms with Gasteiger partial charge in [-0.15, -0.1) is 0 Å². The van der Waals surface area contributed by atoms with E-state index in [9.17, 15) is 18.0 Å². The van der Waals surface area contributed by atoms with Crippen molar-refractivity contribution in [3.05, 3.63) is 65.2 Å². The molecule has 2 N–H and O–H groups in total. The molecule has 0 heterocycles. The molecule has 0 saturated carbocycles. The standard InChI is InChI=1S/C20H23NO5S/c1-2-3-14-27(25,26)18-10-8-16(9-11-18)19(22)21-13-12-15-4-6-17(7-5-15)20(23)24/h4-11H,2-3,12-14H2,1H3,(H,21,22)(H,23,24). The summed E-state index contributed by atoms with van der Waals surface area (Å²) >= 11 is 0. The fourth-order valence-corrected chi connectivity index (χ4v) is 3.96. The molecule has 2 aromatic carbocycles. The Morgan fingerprint density at radius 1 is 0.963 bits per heavy atom. The molecular formula is C20H23NO5S. The highest BCUT2D eigenvalue weighted by Crippen LogP contribution is 2.14. The van der Waals surface area contributed by atoms with Crippen molar-refractivity contribution in [1.29, 1.82) is 0 Å². The molecule has 144 valence electrons. The zero-order valence-corrected chi connectivity index (χ0v) is 16.0. The number of carboxylic acids is 1. The van der Waals surface area contributed by atoms with Gasteiger partial charge < -0.3 is 10.4 Å². The van der Waals surface area contributed by atoms with Crippen molar-refractivity contribution in [3.8, 4) is 0 Å². The third-order valence-electron chi connectivity index (χ3n) is 4.14. The lowest BCUT2D eigenvalue weighted by molar-refractivity contribution is 0.0696. The van der Waals surface area contributed by atoms with Crippen molar-refractivity contribution >= 4 is 21.7 Å². The predicted octanol–water partition coefficient (Wildman–Crippen LogP) is 2.93. The zero-order valence-electron chi connectivity index (χ0n) is 15.1. The smallest absolute Gasteiger partial charge is 0.335 e. The van der Waals surface area contributed by atoms with Gasteiger partial charge in [0.2, 0.25) is 0 Å². The Kier molecular flexibility index (Phi) is 7.12. The number of carboxylic acid groups (broad SMARTS) is 1. The van der Waals surface area contributed by atoms with Gasteiger partial charge >= 0.3 is 5.97 Å². The number of aromatic carboxylic acids is 1. The minimum atomic E-state index is -3.30. The van der Waals surface area contributed by atoms with Crippen molar-refractivity contribution in [2.24, 2.45) is 0 Å². The molecule has 0 bridgehead atoms. The zero-order chi connectivity index (χ0) is 19.9. The molecule has 6 nitrogen and oxygen atoms in total. The summed E-state index contributed by atoms with van der Waals surface area (Å²) in [6, 6.07) is 12.4. The molecule has 0 atom stereocenters. The fraction of sp³-hybridized carbons (Fsp3) is 0.300. The molecule has 0 fully saturated rings. The minimum absolute atomic E-state index is 0.107. The van der Waals surface area contributed by atoms with Crippen LogP contribution in [0.5, 0.6) is 0 Å². The van der Waals surface area contributed by atoms with Gasteiger partial charge in [0, 0.05) is 12.1 Å². The number of rotatable bonds is 9. The molecule has 0 aromatic heterocycles. The van der Waals surface area contributed by atoms with E-state index < -0.39 is 15.8 Å². The van der Waals surface area contributed by atoms with Gasteiger partial charge in [0.1, 0.15) is 0 Å². The first-order chi connectivity index (χ1) is 12.8. The highest BCUT2D eigenvalue weighted by atomic mass is 32.2. The summed E-state index contributed by atoms with van der Waals surface area (Å²) in [4.78, 5) is 23.2. The van der Waals surface area contributed by atoms with E-state index >= 15 is 0 Å². The number of nitrogens with one attached hydrogen (secondary N) is 1. The van der Waals surface area contributed by atoms with E-state index in [0.717, 1.165) is 12.0 Å². The number of hydrogen-bond acceptors (Lipinski definition) is 4. The SMILES string of the molecule is CCCCS(=O)(=O)c1ccc(C(=O)NCCc2ccc(C(=O)O)cc2)cc1. The van der Waals surface area contributed by atoms with E-state index in [-0.39, 0.29) is 22.1 Å². The molecule has 2 rings (SSSR count). The number of benzene rings is 2. The molecule has 0 spiro atoms. The molecule has 0 unspecified atom stereocenters. The maximum atomic E-state index is 12.2. The summed E-state index contributed by atoms with van der Waals surface area (Å²) in [5.74, 6) is -1.15. The monoisotopic (exact) mass is 389 g/mol. The molecular weight excluding hydrogens is 366 g/mol. The maximum Gasteiger partial charge on any atom is 0.335 e. The van der Waals surface area contributed by atoms with Crippen LogP contribution in [0.4, 0.5) is 0 Å². The topological polar surface area (TPSA) is 101 Å². The summed E-state index contributed by atoms with van der Waals surface area (Å²) in [5.41, 5.74) is 1.53. The molecule has 0 aliphatic heterocycles. The molecule has 0 radical (unpaired) electrons. The van der Waals surface area contributed by atoms with Gasteiger partial charge in [-0.1, -0.05) is 25.5 Å². The molecule has 0 saturated heterocycles. The average molecular weight is 389 g/mol. The first-order valence-electron chi connectivity index (χ1n) is 8.76. The number of sulfone groups is 1. The van der Waals surface area contributed by atoms with E-state index in [0.29, 0.717) is 24.9 Å². The number of carbonyl (C=O) groups excluding carboxylic acids is 1. The summed E-state index contributed by atoms with van der Waals surface area (Å²) in [7, 11) is -3.30. The highest BCUT2D eigenvalue weighted by molar-refractivity contribution is 7.91. The Hall–Kier alpha value is -2.67. The van der Waals surface area contributed by atoms with Gasteiger partial charge in [-0.2, -0.15) is 0 Å². The second kappa shape index (κ2) is 9.32. The van der Waals surface area contributed by atoms with Crippen LogP contribution >= 0.6 is 0 Å². The van der Waals surface area contributed by atoms with Crippen molar-refractivity contribution < 1.29 is 23.1 Å². The summed E-state index contributed by atoms with van der Waals surface area (Å²) in [6.45, 7) is 2.32. The van der Waals surface area contributed by atoms with Crippen LogP contribution in [0.25, 0.3) is 0 Å². The number of amides is 1. The second-order valence-electron chi connectivity index (χ2n) is 6.20. The quantitative estimate of drug-likeness (QED) is 0.687. The van der Waals surface area contributed by atoms with Crippen molar-refractivity contribution in [1.82, 2.24) is 5.32 Å². The third-order valence-corrected chi connectivity index (χ3v) is 5.96. The Balaban J connectivity index is 1.89. The molecule has 1 amide bonds.